The van der Waals surface area contributed by atoms with E-state index in [1.54, 1.807) is 12.0 Å². The number of amides is 2. The molecule has 0 aromatic heterocycles. The molecule has 98 valence electrons. The highest BCUT2D eigenvalue weighted by Crippen LogP contribution is 2.24. The molecule has 0 bridgehead atoms. The summed E-state index contributed by atoms with van der Waals surface area (Å²) in [6.45, 7) is 3.35. The van der Waals surface area contributed by atoms with Gasteiger partial charge in [-0.3, -0.25) is 0 Å². The van der Waals surface area contributed by atoms with E-state index >= 15 is 0 Å². The lowest BCUT2D eigenvalue weighted by molar-refractivity contribution is 0.221. The van der Waals surface area contributed by atoms with E-state index in [9.17, 15) is 4.79 Å². The van der Waals surface area contributed by atoms with Gasteiger partial charge in [0.25, 0.3) is 0 Å². The minimum atomic E-state index is -0.126. The molecule has 2 unspecified atom stereocenters. The molecule has 0 radical (unpaired) electrons. The molecule has 2 rings (SSSR count). The van der Waals surface area contributed by atoms with Gasteiger partial charge in [-0.15, -0.1) is 0 Å². The molecule has 1 aliphatic rings. The Hall–Kier alpha value is -1.75. The molecule has 5 nitrogen and oxygen atoms in total. The molecule has 0 saturated carbocycles. The van der Waals surface area contributed by atoms with Crippen LogP contribution in [0.3, 0.4) is 0 Å². The molecule has 1 fully saturated rings. The van der Waals surface area contributed by atoms with Crippen LogP contribution in [0.25, 0.3) is 0 Å². The van der Waals surface area contributed by atoms with Gasteiger partial charge < -0.3 is 20.7 Å². The van der Waals surface area contributed by atoms with Crippen molar-refractivity contribution in [3.8, 4) is 5.75 Å². The second kappa shape index (κ2) is 5.27. The third-order valence-corrected chi connectivity index (χ3v) is 3.31. The first-order valence-corrected chi connectivity index (χ1v) is 6.06. The van der Waals surface area contributed by atoms with Gasteiger partial charge in [0, 0.05) is 19.1 Å². The minimum Gasteiger partial charge on any atom is -0.495 e. The van der Waals surface area contributed by atoms with E-state index in [2.05, 4.69) is 12.2 Å². The lowest BCUT2D eigenvalue weighted by atomic mass is 10.1. The maximum absolute atomic E-state index is 12.1. The van der Waals surface area contributed by atoms with Crippen molar-refractivity contribution < 1.29 is 9.53 Å². The Morgan fingerprint density at radius 3 is 2.78 bits per heavy atom. The van der Waals surface area contributed by atoms with Crippen LogP contribution in [-0.4, -0.2) is 37.2 Å². The quantitative estimate of drug-likeness (QED) is 0.834. The predicted molar refractivity (Wildman–Crippen MR) is 70.7 cm³/mol. The third-order valence-electron chi connectivity index (χ3n) is 3.31. The molecule has 0 aliphatic carbocycles. The lowest BCUT2D eigenvalue weighted by Crippen LogP contribution is -2.35. The van der Waals surface area contributed by atoms with Gasteiger partial charge in [0.15, 0.2) is 0 Å². The molecule has 5 heteroatoms. The molecule has 2 amide bonds. The van der Waals surface area contributed by atoms with Crippen molar-refractivity contribution in [2.24, 2.45) is 11.7 Å². The van der Waals surface area contributed by atoms with Gasteiger partial charge in [0.1, 0.15) is 5.75 Å². The standard InChI is InChI=1S/C13H19N3O2/c1-9-7-16(8-10(9)14)13(17)15-11-5-3-4-6-12(11)18-2/h3-6,9-10H,7-8,14H2,1-2H3,(H,15,17). The normalized spacial score (nSPS) is 22.9. The van der Waals surface area contributed by atoms with E-state index in [-0.39, 0.29) is 12.1 Å². The highest BCUT2D eigenvalue weighted by molar-refractivity contribution is 5.91. The molecule has 1 aromatic rings. The Balaban J connectivity index is 2.03. The highest BCUT2D eigenvalue weighted by Gasteiger charge is 2.30. The smallest absolute Gasteiger partial charge is 0.322 e. The summed E-state index contributed by atoms with van der Waals surface area (Å²) in [5, 5.41) is 2.85. The number of urea groups is 1. The van der Waals surface area contributed by atoms with Crippen molar-refractivity contribution in [2.75, 3.05) is 25.5 Å². The molecule has 1 aromatic carbocycles. The summed E-state index contributed by atoms with van der Waals surface area (Å²) >= 11 is 0. The molecule has 1 aliphatic heterocycles. The van der Waals surface area contributed by atoms with Gasteiger partial charge in [-0.25, -0.2) is 4.79 Å². The van der Waals surface area contributed by atoms with Gasteiger partial charge in [0.05, 0.1) is 12.8 Å². The molecular formula is C13H19N3O2. The molecular weight excluding hydrogens is 230 g/mol. The largest absolute Gasteiger partial charge is 0.495 e. The zero-order valence-corrected chi connectivity index (χ0v) is 10.7. The Morgan fingerprint density at radius 1 is 1.44 bits per heavy atom. The molecule has 18 heavy (non-hydrogen) atoms. The van der Waals surface area contributed by atoms with Crippen molar-refractivity contribution in [2.45, 2.75) is 13.0 Å². The van der Waals surface area contributed by atoms with Gasteiger partial charge in [0.2, 0.25) is 0 Å². The van der Waals surface area contributed by atoms with Crippen LogP contribution in [0.4, 0.5) is 10.5 Å². The van der Waals surface area contributed by atoms with Crippen molar-refractivity contribution in [3.05, 3.63) is 24.3 Å². The fourth-order valence-corrected chi connectivity index (χ4v) is 2.10. The number of carbonyl (C=O) groups excluding carboxylic acids is 1. The number of nitrogens with two attached hydrogens (primary N) is 1. The Morgan fingerprint density at radius 2 is 2.17 bits per heavy atom. The SMILES string of the molecule is COc1ccccc1NC(=O)N1CC(C)C(N)C1. The molecule has 1 heterocycles. The van der Waals surface area contributed by atoms with Crippen LogP contribution in [0, 0.1) is 5.92 Å². The number of likely N-dealkylation sites (tertiary alicyclic amines) is 1. The highest BCUT2D eigenvalue weighted by atomic mass is 16.5. The topological polar surface area (TPSA) is 67.6 Å². The fraction of sp³-hybridized carbons (Fsp3) is 0.462. The van der Waals surface area contributed by atoms with Crippen molar-refractivity contribution in [1.82, 2.24) is 4.90 Å². The van der Waals surface area contributed by atoms with Crippen molar-refractivity contribution >= 4 is 11.7 Å². The summed E-state index contributed by atoms with van der Waals surface area (Å²) in [5.41, 5.74) is 6.59. The van der Waals surface area contributed by atoms with Crippen LogP contribution in [0.5, 0.6) is 5.75 Å². The first-order chi connectivity index (χ1) is 8.61. The number of nitrogens with one attached hydrogen (secondary N) is 1. The van der Waals surface area contributed by atoms with Gasteiger partial charge in [-0.2, -0.15) is 0 Å². The van der Waals surface area contributed by atoms with Crippen molar-refractivity contribution in [3.63, 3.8) is 0 Å². The number of nitrogens with zero attached hydrogens (tertiary/aromatic N) is 1. The van der Waals surface area contributed by atoms with Gasteiger partial charge in [-0.1, -0.05) is 19.1 Å². The Bertz CT molecular complexity index is 426. The predicted octanol–water partition coefficient (Wildman–Crippen LogP) is 1.51. The summed E-state index contributed by atoms with van der Waals surface area (Å²) in [7, 11) is 1.58. The lowest BCUT2D eigenvalue weighted by Gasteiger charge is -2.18. The van der Waals surface area contributed by atoms with Crippen LogP contribution in [0.2, 0.25) is 0 Å². The first kappa shape index (κ1) is 12.7. The monoisotopic (exact) mass is 249 g/mol. The van der Waals surface area contributed by atoms with E-state index in [0.717, 1.165) is 0 Å². The number of benzene rings is 1. The Labute approximate surface area is 107 Å². The summed E-state index contributed by atoms with van der Waals surface area (Å²) in [5.74, 6) is 0.996. The number of hydrogen-bond donors (Lipinski definition) is 2. The molecule has 0 spiro atoms. The van der Waals surface area contributed by atoms with Gasteiger partial charge >= 0.3 is 6.03 Å². The van der Waals surface area contributed by atoms with Crippen molar-refractivity contribution in [1.29, 1.82) is 0 Å². The molecule has 2 atom stereocenters. The van der Waals surface area contributed by atoms with E-state index in [4.69, 9.17) is 10.5 Å². The summed E-state index contributed by atoms with van der Waals surface area (Å²) < 4.78 is 5.19. The first-order valence-electron chi connectivity index (χ1n) is 6.06. The Kier molecular flexibility index (Phi) is 3.72. The second-order valence-corrected chi connectivity index (χ2v) is 4.68. The average molecular weight is 249 g/mol. The summed E-state index contributed by atoms with van der Waals surface area (Å²) in [6, 6.07) is 7.29. The van der Waals surface area contributed by atoms with Crippen LogP contribution in [0.1, 0.15) is 6.92 Å². The minimum absolute atomic E-state index is 0.0634. The van der Waals surface area contributed by atoms with Crippen LogP contribution in [-0.2, 0) is 0 Å². The number of carbonyl (C=O) groups is 1. The average Bonchev–Trinajstić information content (AvgIpc) is 2.70. The van der Waals surface area contributed by atoms with Crippen LogP contribution in [0.15, 0.2) is 24.3 Å². The van der Waals surface area contributed by atoms with E-state index < -0.39 is 0 Å². The number of hydrogen-bond acceptors (Lipinski definition) is 3. The molecule has 1 saturated heterocycles. The third kappa shape index (κ3) is 2.56. The zero-order valence-electron chi connectivity index (χ0n) is 10.7. The van der Waals surface area contributed by atoms with E-state index in [1.807, 2.05) is 24.3 Å². The number of methoxy groups -OCH3 is 1. The van der Waals surface area contributed by atoms with E-state index in [0.29, 0.717) is 30.4 Å². The second-order valence-electron chi connectivity index (χ2n) is 4.68. The van der Waals surface area contributed by atoms with Crippen LogP contribution < -0.4 is 15.8 Å². The fourth-order valence-electron chi connectivity index (χ4n) is 2.10. The van der Waals surface area contributed by atoms with Gasteiger partial charge in [-0.05, 0) is 18.1 Å². The zero-order chi connectivity index (χ0) is 13.1. The maximum atomic E-state index is 12.1. The summed E-state index contributed by atoms with van der Waals surface area (Å²) in [4.78, 5) is 13.8. The molecule has 3 N–H and O–H groups in total. The number of anilines is 1. The maximum Gasteiger partial charge on any atom is 0.322 e. The summed E-state index contributed by atoms with van der Waals surface area (Å²) in [6.07, 6.45) is 0. The van der Waals surface area contributed by atoms with Crippen LogP contribution >= 0.6 is 0 Å². The van der Waals surface area contributed by atoms with E-state index in [1.165, 1.54) is 0 Å². The number of rotatable bonds is 2. The number of ether oxygens (including phenoxy) is 1. The number of para-hydroxylation sites is 2.